The van der Waals surface area contributed by atoms with E-state index < -0.39 is 0 Å². The van der Waals surface area contributed by atoms with Crippen LogP contribution in [0.25, 0.3) is 0 Å². The Kier molecular flexibility index (Phi) is 5.53. The predicted molar refractivity (Wildman–Crippen MR) is 86.4 cm³/mol. The minimum Gasteiger partial charge on any atom is -0.338 e. The van der Waals surface area contributed by atoms with Gasteiger partial charge in [0.05, 0.1) is 6.04 Å². The van der Waals surface area contributed by atoms with Crippen LogP contribution in [0.5, 0.6) is 0 Å². The Morgan fingerprint density at radius 1 is 1.29 bits per heavy atom. The monoisotopic (exact) mass is 342 g/mol. The summed E-state index contributed by atoms with van der Waals surface area (Å²) in [6, 6.07) is 13.5. The number of carbonyl (C=O) groups excluding carboxylic acids is 1. The van der Waals surface area contributed by atoms with Crippen molar-refractivity contribution >= 4 is 21.8 Å². The maximum Gasteiger partial charge on any atom is 0.296 e. The number of rotatable bonds is 4. The van der Waals surface area contributed by atoms with Gasteiger partial charge in [0.1, 0.15) is 0 Å². The van der Waals surface area contributed by atoms with E-state index in [2.05, 4.69) is 38.1 Å². The molecule has 0 saturated carbocycles. The molecule has 1 atom stereocenters. The van der Waals surface area contributed by atoms with Gasteiger partial charge in [-0.15, -0.1) is 0 Å². The lowest BCUT2D eigenvalue weighted by Gasteiger charge is -2.17. The summed E-state index contributed by atoms with van der Waals surface area (Å²) in [5.74, 6) is 4.85. The molecular formula is C17H15BrN2O. The molecule has 1 aromatic heterocycles. The Labute approximate surface area is 132 Å². The van der Waals surface area contributed by atoms with Gasteiger partial charge in [0.15, 0.2) is 0 Å². The van der Waals surface area contributed by atoms with Crippen LogP contribution in [0.15, 0.2) is 53.1 Å². The van der Waals surface area contributed by atoms with Crippen LogP contribution in [0.4, 0.5) is 0 Å². The van der Waals surface area contributed by atoms with Crippen molar-refractivity contribution in [3.05, 3.63) is 64.4 Å². The van der Waals surface area contributed by atoms with E-state index in [9.17, 15) is 4.79 Å². The van der Waals surface area contributed by atoms with Crippen molar-refractivity contribution in [2.24, 2.45) is 0 Å². The van der Waals surface area contributed by atoms with Gasteiger partial charge in [-0.05, 0) is 42.7 Å². The Balaban J connectivity index is 2.22. The summed E-state index contributed by atoms with van der Waals surface area (Å²) in [5.41, 5.74) is 1.95. The Hall–Kier alpha value is -2.12. The molecule has 106 valence electrons. The van der Waals surface area contributed by atoms with Gasteiger partial charge in [-0.25, -0.2) is 0 Å². The molecule has 1 amide bonds. The molecule has 0 aliphatic rings. The maximum atomic E-state index is 11.8. The first kappa shape index (κ1) is 15.3. The summed E-state index contributed by atoms with van der Waals surface area (Å²) >= 11 is 3.42. The Morgan fingerprint density at radius 2 is 2.05 bits per heavy atom. The molecule has 21 heavy (non-hydrogen) atoms. The van der Waals surface area contributed by atoms with Crippen LogP contribution in [0.3, 0.4) is 0 Å². The molecule has 0 unspecified atom stereocenters. The van der Waals surface area contributed by atoms with Crippen molar-refractivity contribution < 1.29 is 4.79 Å². The molecule has 0 spiro atoms. The van der Waals surface area contributed by atoms with Crippen LogP contribution in [0.1, 0.15) is 24.2 Å². The van der Waals surface area contributed by atoms with Gasteiger partial charge in [-0.2, -0.15) is 0 Å². The number of benzene rings is 1. The first-order valence-electron chi connectivity index (χ1n) is 6.57. The van der Waals surface area contributed by atoms with Crippen molar-refractivity contribution in [1.82, 2.24) is 10.3 Å². The molecule has 2 rings (SSSR count). The van der Waals surface area contributed by atoms with Gasteiger partial charge in [0.2, 0.25) is 0 Å². The predicted octanol–water partition coefficient (Wildman–Crippen LogP) is 3.27. The zero-order valence-electron chi connectivity index (χ0n) is 11.6. The second-order valence-electron chi connectivity index (χ2n) is 4.48. The number of halogens is 1. The van der Waals surface area contributed by atoms with E-state index in [1.165, 1.54) is 0 Å². The third kappa shape index (κ3) is 4.73. The number of nitrogens with one attached hydrogen (secondary N) is 1. The summed E-state index contributed by atoms with van der Waals surface area (Å²) in [7, 11) is 0. The number of pyridine rings is 1. The van der Waals surface area contributed by atoms with Gasteiger partial charge in [-0.1, -0.05) is 40.0 Å². The fourth-order valence-electron chi connectivity index (χ4n) is 1.98. The van der Waals surface area contributed by atoms with Crippen molar-refractivity contribution in [1.29, 1.82) is 0 Å². The molecule has 1 aromatic carbocycles. The molecule has 4 heteroatoms. The van der Waals surface area contributed by atoms with E-state index in [4.69, 9.17) is 0 Å². The minimum atomic E-state index is -0.277. The van der Waals surface area contributed by atoms with Crippen molar-refractivity contribution in [2.75, 3.05) is 0 Å². The summed E-state index contributed by atoms with van der Waals surface area (Å²) in [5, 5.41) is 2.93. The lowest BCUT2D eigenvalue weighted by molar-refractivity contribution is -0.116. The largest absolute Gasteiger partial charge is 0.338 e. The summed E-state index contributed by atoms with van der Waals surface area (Å²) in [4.78, 5) is 16.1. The number of nitrogens with zero attached hydrogens (tertiary/aromatic N) is 1. The smallest absolute Gasteiger partial charge is 0.296 e. The molecule has 1 heterocycles. The zero-order valence-corrected chi connectivity index (χ0v) is 13.2. The standard InChI is InChI=1S/C17H15BrN2O/c1-2-5-17(21)20-16(12-15-6-3-4-11-19-15)13-7-9-14(18)10-8-13/h3-4,6-11,16H,12H2,1H3,(H,20,21)/t16-/m1/s1. The summed E-state index contributed by atoms with van der Waals surface area (Å²) in [6.45, 7) is 1.65. The third-order valence-electron chi connectivity index (χ3n) is 2.96. The molecule has 0 aliphatic heterocycles. The number of aromatic nitrogens is 1. The summed E-state index contributed by atoms with van der Waals surface area (Å²) in [6.07, 6.45) is 2.38. The molecule has 3 nitrogen and oxygen atoms in total. The molecule has 0 saturated heterocycles. The fraction of sp³-hybridized carbons (Fsp3) is 0.176. The van der Waals surface area contributed by atoms with Crippen LogP contribution in [-0.4, -0.2) is 10.9 Å². The van der Waals surface area contributed by atoms with E-state index in [1.807, 2.05) is 42.5 Å². The van der Waals surface area contributed by atoms with E-state index in [0.29, 0.717) is 6.42 Å². The molecular weight excluding hydrogens is 328 g/mol. The van der Waals surface area contributed by atoms with Crippen molar-refractivity contribution in [3.8, 4) is 11.8 Å². The Bertz CT molecular complexity index is 657. The third-order valence-corrected chi connectivity index (χ3v) is 3.48. The first-order valence-corrected chi connectivity index (χ1v) is 7.37. The number of hydrogen-bond donors (Lipinski definition) is 1. The normalized spacial score (nSPS) is 11.1. The van der Waals surface area contributed by atoms with Gasteiger partial charge in [-0.3, -0.25) is 9.78 Å². The number of hydrogen-bond acceptors (Lipinski definition) is 2. The number of amides is 1. The molecule has 1 N–H and O–H groups in total. The second kappa shape index (κ2) is 7.61. The average Bonchev–Trinajstić information content (AvgIpc) is 2.49. The lowest BCUT2D eigenvalue weighted by atomic mass is 10.0. The van der Waals surface area contributed by atoms with Crippen LogP contribution < -0.4 is 5.32 Å². The second-order valence-corrected chi connectivity index (χ2v) is 5.39. The number of carbonyl (C=O) groups is 1. The highest BCUT2D eigenvalue weighted by Gasteiger charge is 2.15. The van der Waals surface area contributed by atoms with E-state index in [0.717, 1.165) is 15.7 Å². The van der Waals surface area contributed by atoms with Crippen LogP contribution in [0.2, 0.25) is 0 Å². The molecule has 0 radical (unpaired) electrons. The van der Waals surface area contributed by atoms with Crippen molar-refractivity contribution in [2.45, 2.75) is 19.4 Å². The topological polar surface area (TPSA) is 42.0 Å². The lowest BCUT2D eigenvalue weighted by Crippen LogP contribution is -2.29. The molecule has 0 fully saturated rings. The van der Waals surface area contributed by atoms with Crippen LogP contribution in [0, 0.1) is 11.8 Å². The highest BCUT2D eigenvalue weighted by Crippen LogP contribution is 2.20. The van der Waals surface area contributed by atoms with E-state index >= 15 is 0 Å². The van der Waals surface area contributed by atoms with E-state index in [-0.39, 0.29) is 11.9 Å². The fourth-order valence-corrected chi connectivity index (χ4v) is 2.25. The highest BCUT2D eigenvalue weighted by molar-refractivity contribution is 9.10. The first-order chi connectivity index (χ1) is 10.2. The quantitative estimate of drug-likeness (QED) is 0.866. The van der Waals surface area contributed by atoms with Gasteiger partial charge in [0.25, 0.3) is 5.91 Å². The van der Waals surface area contributed by atoms with Gasteiger partial charge >= 0.3 is 0 Å². The van der Waals surface area contributed by atoms with Crippen LogP contribution in [-0.2, 0) is 11.2 Å². The molecule has 0 aliphatic carbocycles. The zero-order chi connectivity index (χ0) is 15.1. The Morgan fingerprint density at radius 3 is 2.67 bits per heavy atom. The summed E-state index contributed by atoms with van der Waals surface area (Å²) < 4.78 is 1.00. The van der Waals surface area contributed by atoms with Gasteiger partial charge in [0, 0.05) is 22.8 Å². The highest BCUT2D eigenvalue weighted by atomic mass is 79.9. The van der Waals surface area contributed by atoms with Gasteiger partial charge < -0.3 is 5.32 Å². The van der Waals surface area contributed by atoms with E-state index in [1.54, 1.807) is 13.1 Å². The average molecular weight is 343 g/mol. The maximum absolute atomic E-state index is 11.8. The molecule has 2 aromatic rings. The van der Waals surface area contributed by atoms with Crippen molar-refractivity contribution in [3.63, 3.8) is 0 Å². The van der Waals surface area contributed by atoms with Crippen LogP contribution >= 0.6 is 15.9 Å². The SMILES string of the molecule is CC#CC(=O)N[C@H](Cc1ccccn1)c1ccc(Br)cc1. The molecule has 0 bridgehead atoms. The minimum absolute atomic E-state index is 0.152.